The molecule has 0 bridgehead atoms. The zero-order valence-corrected chi connectivity index (χ0v) is 11.7. The van der Waals surface area contributed by atoms with Crippen LogP contribution in [0.5, 0.6) is 0 Å². The molecule has 0 N–H and O–H groups in total. The second-order valence-corrected chi connectivity index (χ2v) is 4.88. The summed E-state index contributed by atoms with van der Waals surface area (Å²) in [6.07, 6.45) is 10.8. The molecule has 4 aromatic rings. The van der Waals surface area contributed by atoms with Gasteiger partial charge in [-0.05, 0) is 29.8 Å². The normalized spacial score (nSPS) is 10.9. The van der Waals surface area contributed by atoms with Gasteiger partial charge in [-0.2, -0.15) is 5.10 Å². The Kier molecular flexibility index (Phi) is 3.05. The molecule has 0 amide bonds. The Balaban J connectivity index is 1.65. The molecule has 106 valence electrons. The summed E-state index contributed by atoms with van der Waals surface area (Å²) < 4.78 is 1.87. The topological polar surface area (TPSA) is 69.4 Å². The Morgan fingerprint density at radius 1 is 0.955 bits per heavy atom. The van der Waals surface area contributed by atoms with E-state index in [0.29, 0.717) is 12.2 Å². The predicted octanol–water partition coefficient (Wildman–Crippen LogP) is 2.33. The number of nitrogens with zero attached hydrogens (tertiary/aromatic N) is 6. The second-order valence-electron chi connectivity index (χ2n) is 4.88. The van der Waals surface area contributed by atoms with Gasteiger partial charge < -0.3 is 0 Å². The minimum absolute atomic E-state index is 0.641. The third kappa shape index (κ3) is 2.42. The lowest BCUT2D eigenvalue weighted by molar-refractivity contribution is 0.686. The van der Waals surface area contributed by atoms with Gasteiger partial charge in [0, 0.05) is 30.4 Å². The van der Waals surface area contributed by atoms with E-state index in [0.717, 1.165) is 22.3 Å². The number of pyridine rings is 2. The van der Waals surface area contributed by atoms with Gasteiger partial charge in [0.25, 0.3) is 0 Å². The first-order chi connectivity index (χ1) is 10.9. The molecular weight excluding hydrogens is 276 g/mol. The quantitative estimate of drug-likeness (QED) is 0.578. The molecule has 4 aromatic heterocycles. The summed E-state index contributed by atoms with van der Waals surface area (Å²) in [5.41, 5.74) is 4.27. The molecule has 0 saturated carbocycles. The third-order valence-corrected chi connectivity index (χ3v) is 3.34. The molecule has 0 spiro atoms. The van der Waals surface area contributed by atoms with E-state index in [4.69, 9.17) is 0 Å². The predicted molar refractivity (Wildman–Crippen MR) is 81.9 cm³/mol. The van der Waals surface area contributed by atoms with Crippen molar-refractivity contribution < 1.29 is 0 Å². The van der Waals surface area contributed by atoms with Crippen LogP contribution < -0.4 is 0 Å². The van der Waals surface area contributed by atoms with Crippen LogP contribution in [0.4, 0.5) is 0 Å². The Labute approximate surface area is 126 Å². The van der Waals surface area contributed by atoms with Crippen molar-refractivity contribution in [1.82, 2.24) is 29.7 Å². The number of hydrogen-bond acceptors (Lipinski definition) is 5. The summed E-state index contributed by atoms with van der Waals surface area (Å²) in [5.74, 6) is 0. The van der Waals surface area contributed by atoms with Crippen molar-refractivity contribution in [1.29, 1.82) is 0 Å². The molecule has 4 heterocycles. The number of rotatable bonds is 3. The van der Waals surface area contributed by atoms with Gasteiger partial charge >= 0.3 is 0 Å². The minimum atomic E-state index is 0.641. The summed E-state index contributed by atoms with van der Waals surface area (Å²) in [4.78, 5) is 17.2. The lowest BCUT2D eigenvalue weighted by Gasteiger charge is -2.01. The van der Waals surface area contributed by atoms with E-state index in [-0.39, 0.29) is 0 Å². The summed E-state index contributed by atoms with van der Waals surface area (Å²) >= 11 is 0. The van der Waals surface area contributed by atoms with Crippen molar-refractivity contribution in [3.8, 4) is 11.3 Å². The van der Waals surface area contributed by atoms with Gasteiger partial charge in [0.2, 0.25) is 0 Å². The van der Waals surface area contributed by atoms with Gasteiger partial charge in [-0.15, -0.1) is 0 Å². The Morgan fingerprint density at radius 2 is 1.86 bits per heavy atom. The minimum Gasteiger partial charge on any atom is -0.268 e. The van der Waals surface area contributed by atoms with Crippen LogP contribution in [-0.2, 0) is 6.54 Å². The molecule has 4 rings (SSSR count). The molecule has 0 unspecified atom stereocenters. The lowest BCUT2D eigenvalue weighted by atomic mass is 10.2. The van der Waals surface area contributed by atoms with Crippen molar-refractivity contribution in [2.75, 3.05) is 0 Å². The van der Waals surface area contributed by atoms with Gasteiger partial charge in [-0.25, -0.2) is 9.97 Å². The summed E-state index contributed by atoms with van der Waals surface area (Å²) in [7, 11) is 0. The zero-order valence-electron chi connectivity index (χ0n) is 11.7. The molecule has 0 radical (unpaired) electrons. The fourth-order valence-corrected chi connectivity index (χ4v) is 2.25. The molecule has 0 aliphatic rings. The zero-order chi connectivity index (χ0) is 14.8. The second kappa shape index (κ2) is 5.33. The van der Waals surface area contributed by atoms with E-state index in [9.17, 15) is 0 Å². The van der Waals surface area contributed by atoms with Crippen LogP contribution in [0.25, 0.3) is 22.4 Å². The van der Waals surface area contributed by atoms with E-state index >= 15 is 0 Å². The number of fused-ring (bicyclic) bond motifs is 1. The van der Waals surface area contributed by atoms with Crippen molar-refractivity contribution in [3.63, 3.8) is 0 Å². The Morgan fingerprint density at radius 3 is 2.77 bits per heavy atom. The largest absolute Gasteiger partial charge is 0.268 e. The average Bonchev–Trinajstić information content (AvgIpc) is 3.04. The highest BCUT2D eigenvalue weighted by molar-refractivity contribution is 5.72. The maximum atomic E-state index is 4.53. The Hall–Kier alpha value is -3.15. The monoisotopic (exact) mass is 288 g/mol. The van der Waals surface area contributed by atoms with Crippen LogP contribution in [0.15, 0.2) is 61.4 Å². The van der Waals surface area contributed by atoms with E-state index in [1.54, 1.807) is 31.0 Å². The lowest BCUT2D eigenvalue weighted by Crippen LogP contribution is -1.99. The van der Waals surface area contributed by atoms with Crippen LogP contribution in [0, 0.1) is 0 Å². The first kappa shape index (κ1) is 12.6. The van der Waals surface area contributed by atoms with Crippen LogP contribution >= 0.6 is 0 Å². The van der Waals surface area contributed by atoms with Crippen LogP contribution in [0.3, 0.4) is 0 Å². The SMILES string of the molecule is c1cnc2nc(-c3cnn(Cc4ccncc4)c3)cnc2c1. The highest BCUT2D eigenvalue weighted by Crippen LogP contribution is 2.17. The number of hydrogen-bond donors (Lipinski definition) is 0. The Bertz CT molecular complexity index is 916. The summed E-state index contributed by atoms with van der Waals surface area (Å²) in [6, 6.07) is 7.69. The van der Waals surface area contributed by atoms with Gasteiger partial charge in [0.15, 0.2) is 5.65 Å². The van der Waals surface area contributed by atoms with E-state index in [1.807, 2.05) is 35.1 Å². The maximum absolute atomic E-state index is 4.53. The average molecular weight is 288 g/mol. The van der Waals surface area contributed by atoms with Gasteiger partial charge in [0.05, 0.1) is 24.6 Å². The van der Waals surface area contributed by atoms with E-state index < -0.39 is 0 Å². The molecule has 0 aromatic carbocycles. The van der Waals surface area contributed by atoms with E-state index in [2.05, 4.69) is 25.0 Å². The summed E-state index contributed by atoms with van der Waals surface area (Å²) in [5, 5.41) is 4.38. The smallest absolute Gasteiger partial charge is 0.178 e. The molecule has 22 heavy (non-hydrogen) atoms. The molecule has 0 aliphatic carbocycles. The van der Waals surface area contributed by atoms with Crippen molar-refractivity contribution in [3.05, 3.63) is 67.0 Å². The molecule has 0 aliphatic heterocycles. The highest BCUT2D eigenvalue weighted by Gasteiger charge is 2.06. The van der Waals surface area contributed by atoms with Crippen LogP contribution in [0.2, 0.25) is 0 Å². The first-order valence-corrected chi connectivity index (χ1v) is 6.88. The van der Waals surface area contributed by atoms with Crippen LogP contribution in [-0.4, -0.2) is 29.7 Å². The molecule has 6 heteroatoms. The van der Waals surface area contributed by atoms with Gasteiger partial charge in [0.1, 0.15) is 5.52 Å². The highest BCUT2D eigenvalue weighted by atomic mass is 15.3. The molecule has 6 nitrogen and oxygen atoms in total. The maximum Gasteiger partial charge on any atom is 0.178 e. The van der Waals surface area contributed by atoms with Crippen molar-refractivity contribution in [2.45, 2.75) is 6.54 Å². The molecule has 0 saturated heterocycles. The number of aromatic nitrogens is 6. The van der Waals surface area contributed by atoms with Gasteiger partial charge in [-0.1, -0.05) is 0 Å². The fraction of sp³-hybridized carbons (Fsp3) is 0.0625. The van der Waals surface area contributed by atoms with E-state index in [1.165, 1.54) is 0 Å². The van der Waals surface area contributed by atoms with Crippen LogP contribution in [0.1, 0.15) is 5.56 Å². The van der Waals surface area contributed by atoms with Crippen molar-refractivity contribution in [2.24, 2.45) is 0 Å². The fourth-order valence-electron chi connectivity index (χ4n) is 2.25. The third-order valence-electron chi connectivity index (χ3n) is 3.34. The van der Waals surface area contributed by atoms with Crippen molar-refractivity contribution >= 4 is 11.2 Å². The molecule has 0 fully saturated rings. The first-order valence-electron chi connectivity index (χ1n) is 6.88. The summed E-state index contributed by atoms with van der Waals surface area (Å²) in [6.45, 7) is 0.696. The standard InChI is InChI=1S/C16H12N6/c1-2-14-16(18-5-1)21-15(9-19-14)13-8-20-22(11-13)10-12-3-6-17-7-4-12/h1-9,11H,10H2. The molecular formula is C16H12N6. The van der Waals surface area contributed by atoms with Gasteiger partial charge in [-0.3, -0.25) is 14.6 Å². The molecule has 0 atom stereocenters.